The summed E-state index contributed by atoms with van der Waals surface area (Å²) in [5.74, 6) is 2.29. The quantitative estimate of drug-likeness (QED) is 0.453. The molecule has 198 valence electrons. The molecule has 2 amide bonds. The molecule has 0 aliphatic carbocycles. The van der Waals surface area contributed by atoms with Gasteiger partial charge in [-0.1, -0.05) is 50.2 Å². The molecule has 2 aliphatic rings. The van der Waals surface area contributed by atoms with Gasteiger partial charge in [0.1, 0.15) is 6.54 Å². The lowest BCUT2D eigenvalue weighted by molar-refractivity contribution is -0.141. The van der Waals surface area contributed by atoms with E-state index in [1.54, 1.807) is 4.90 Å². The van der Waals surface area contributed by atoms with Crippen LogP contribution in [0.25, 0.3) is 11.3 Å². The Bertz CT molecular complexity index is 1260. The zero-order chi connectivity index (χ0) is 26.5. The lowest BCUT2D eigenvalue weighted by atomic mass is 10.1. The predicted molar refractivity (Wildman–Crippen MR) is 144 cm³/mol. The van der Waals surface area contributed by atoms with Crippen LogP contribution >= 0.6 is 0 Å². The van der Waals surface area contributed by atoms with Gasteiger partial charge in [0.2, 0.25) is 18.6 Å². The number of amides is 2. The molecule has 9 heteroatoms. The van der Waals surface area contributed by atoms with E-state index in [2.05, 4.69) is 15.1 Å². The third-order valence-electron chi connectivity index (χ3n) is 6.75. The molecule has 3 aromatic rings. The van der Waals surface area contributed by atoms with Gasteiger partial charge in [-0.25, -0.2) is 0 Å². The Morgan fingerprint density at radius 2 is 1.68 bits per heavy atom. The van der Waals surface area contributed by atoms with Crippen LogP contribution in [0.5, 0.6) is 11.5 Å². The first kappa shape index (κ1) is 25.5. The molecule has 0 bridgehead atoms. The van der Waals surface area contributed by atoms with E-state index in [-0.39, 0.29) is 31.1 Å². The average molecular weight is 516 g/mol. The number of hydrogen-bond acceptors (Lipinski definition) is 7. The van der Waals surface area contributed by atoms with Crippen LogP contribution in [-0.4, -0.2) is 71.3 Å². The zero-order valence-corrected chi connectivity index (χ0v) is 21.9. The van der Waals surface area contributed by atoms with E-state index < -0.39 is 0 Å². The molecule has 0 saturated carbocycles. The normalized spacial score (nSPS) is 14.6. The third kappa shape index (κ3) is 6.04. The van der Waals surface area contributed by atoms with Crippen LogP contribution < -0.4 is 14.4 Å². The second kappa shape index (κ2) is 11.5. The summed E-state index contributed by atoms with van der Waals surface area (Å²) in [6.07, 6.45) is 0.392. The minimum atomic E-state index is -0.0481. The first-order chi connectivity index (χ1) is 18.5. The molecule has 5 rings (SSSR count). The van der Waals surface area contributed by atoms with Crippen molar-refractivity contribution in [1.82, 2.24) is 20.0 Å². The summed E-state index contributed by atoms with van der Waals surface area (Å²) in [4.78, 5) is 31.9. The highest BCUT2D eigenvalue weighted by Crippen LogP contribution is 2.33. The van der Waals surface area contributed by atoms with Gasteiger partial charge in [-0.2, -0.15) is 0 Å². The van der Waals surface area contributed by atoms with Crippen LogP contribution in [0.1, 0.15) is 25.8 Å². The zero-order valence-electron chi connectivity index (χ0n) is 21.9. The Hall–Kier alpha value is -4.14. The van der Waals surface area contributed by atoms with Gasteiger partial charge in [0, 0.05) is 44.7 Å². The standard InChI is InChI=1S/C29H33N5O4/c1-21(2)16-28(35)34(18-22-8-10-25-26(17-22)38-20-37-25)19-29(36)33-14-12-32(13-15-33)27-11-9-24(30-31-27)23-6-4-3-5-7-23/h3-11,17,21H,12-16,18-20H2,1-2H3. The van der Waals surface area contributed by atoms with Gasteiger partial charge in [0.15, 0.2) is 17.3 Å². The van der Waals surface area contributed by atoms with Crippen molar-refractivity contribution in [2.45, 2.75) is 26.8 Å². The Kier molecular flexibility index (Phi) is 7.72. The minimum Gasteiger partial charge on any atom is -0.454 e. The molecule has 0 unspecified atom stereocenters. The Morgan fingerprint density at radius 1 is 0.921 bits per heavy atom. The number of carbonyl (C=O) groups is 2. The number of carbonyl (C=O) groups excluding carboxylic acids is 2. The van der Waals surface area contributed by atoms with E-state index in [1.165, 1.54) is 0 Å². The number of piperazine rings is 1. The largest absolute Gasteiger partial charge is 0.454 e. The molecule has 0 atom stereocenters. The maximum atomic E-state index is 13.3. The summed E-state index contributed by atoms with van der Waals surface area (Å²) < 4.78 is 10.9. The number of benzene rings is 2. The minimum absolute atomic E-state index is 0.0292. The molecule has 38 heavy (non-hydrogen) atoms. The molecule has 0 spiro atoms. The molecular formula is C29H33N5O4. The molecule has 0 N–H and O–H groups in total. The van der Waals surface area contributed by atoms with Crippen molar-refractivity contribution >= 4 is 17.6 Å². The summed E-state index contributed by atoms with van der Waals surface area (Å²) in [6.45, 7) is 7.06. The van der Waals surface area contributed by atoms with E-state index in [0.29, 0.717) is 50.6 Å². The summed E-state index contributed by atoms with van der Waals surface area (Å²) in [6, 6.07) is 19.5. The number of hydrogen-bond donors (Lipinski definition) is 0. The molecule has 1 fully saturated rings. The molecule has 9 nitrogen and oxygen atoms in total. The molecular weight excluding hydrogens is 482 g/mol. The third-order valence-corrected chi connectivity index (χ3v) is 6.75. The fourth-order valence-electron chi connectivity index (χ4n) is 4.68. The maximum Gasteiger partial charge on any atom is 0.242 e. The molecule has 2 aromatic carbocycles. The van der Waals surface area contributed by atoms with E-state index in [0.717, 1.165) is 22.6 Å². The van der Waals surface area contributed by atoms with Crippen LogP contribution in [0.4, 0.5) is 5.82 Å². The van der Waals surface area contributed by atoms with E-state index in [9.17, 15) is 9.59 Å². The maximum absolute atomic E-state index is 13.3. The van der Waals surface area contributed by atoms with Crippen LogP contribution in [0.15, 0.2) is 60.7 Å². The monoisotopic (exact) mass is 515 g/mol. The average Bonchev–Trinajstić information content (AvgIpc) is 3.41. The molecule has 0 radical (unpaired) electrons. The van der Waals surface area contributed by atoms with E-state index in [4.69, 9.17) is 9.47 Å². The van der Waals surface area contributed by atoms with Crippen LogP contribution in [-0.2, 0) is 16.1 Å². The smallest absolute Gasteiger partial charge is 0.242 e. The highest BCUT2D eigenvalue weighted by Gasteiger charge is 2.26. The SMILES string of the molecule is CC(C)CC(=O)N(CC(=O)N1CCN(c2ccc(-c3ccccc3)nn2)CC1)Cc1ccc2c(c1)OCO2. The second-order valence-electron chi connectivity index (χ2n) is 10.0. The van der Waals surface area contributed by atoms with Crippen LogP contribution in [0, 0.1) is 5.92 Å². The number of anilines is 1. The van der Waals surface area contributed by atoms with Gasteiger partial charge in [0.05, 0.1) is 5.69 Å². The Labute approximate surface area is 223 Å². The molecule has 3 heterocycles. The van der Waals surface area contributed by atoms with Crippen molar-refractivity contribution in [1.29, 1.82) is 0 Å². The number of nitrogens with zero attached hydrogens (tertiary/aromatic N) is 5. The number of ether oxygens (including phenoxy) is 2. The topological polar surface area (TPSA) is 88.1 Å². The van der Waals surface area contributed by atoms with Crippen LogP contribution in [0.3, 0.4) is 0 Å². The van der Waals surface area contributed by atoms with Crippen molar-refractivity contribution in [3.63, 3.8) is 0 Å². The van der Waals surface area contributed by atoms with Crippen molar-refractivity contribution in [2.24, 2.45) is 5.92 Å². The van der Waals surface area contributed by atoms with Gasteiger partial charge in [0.25, 0.3) is 0 Å². The van der Waals surface area contributed by atoms with Gasteiger partial charge in [-0.15, -0.1) is 10.2 Å². The molecule has 1 aromatic heterocycles. The van der Waals surface area contributed by atoms with E-state index in [1.807, 2.05) is 79.4 Å². The first-order valence-electron chi connectivity index (χ1n) is 13.0. The highest BCUT2D eigenvalue weighted by molar-refractivity contribution is 5.85. The summed E-state index contributed by atoms with van der Waals surface area (Å²) in [5, 5.41) is 8.81. The number of aromatic nitrogens is 2. The second-order valence-corrected chi connectivity index (χ2v) is 10.0. The van der Waals surface area contributed by atoms with Gasteiger partial charge in [-0.05, 0) is 35.7 Å². The first-order valence-corrected chi connectivity index (χ1v) is 13.0. The summed E-state index contributed by atoms with van der Waals surface area (Å²) >= 11 is 0. The molecule has 2 aliphatic heterocycles. The van der Waals surface area contributed by atoms with Gasteiger partial charge < -0.3 is 24.2 Å². The van der Waals surface area contributed by atoms with Crippen molar-refractivity contribution in [3.05, 3.63) is 66.2 Å². The van der Waals surface area contributed by atoms with Crippen LogP contribution in [0.2, 0.25) is 0 Å². The Balaban J connectivity index is 1.19. The van der Waals surface area contributed by atoms with Crippen molar-refractivity contribution < 1.29 is 19.1 Å². The summed E-state index contributed by atoms with van der Waals surface area (Å²) in [7, 11) is 0. The molecule has 1 saturated heterocycles. The van der Waals surface area contributed by atoms with Crippen molar-refractivity contribution in [3.8, 4) is 22.8 Å². The van der Waals surface area contributed by atoms with Gasteiger partial charge in [-0.3, -0.25) is 9.59 Å². The number of rotatable bonds is 8. The lowest BCUT2D eigenvalue weighted by Gasteiger charge is -2.36. The fraction of sp³-hybridized carbons (Fsp3) is 0.379. The predicted octanol–water partition coefficient (Wildman–Crippen LogP) is 3.60. The van der Waals surface area contributed by atoms with Crippen molar-refractivity contribution in [2.75, 3.05) is 44.4 Å². The van der Waals surface area contributed by atoms with E-state index >= 15 is 0 Å². The highest BCUT2D eigenvalue weighted by atomic mass is 16.7. The Morgan fingerprint density at radius 3 is 2.39 bits per heavy atom. The van der Waals surface area contributed by atoms with Gasteiger partial charge >= 0.3 is 0 Å². The summed E-state index contributed by atoms with van der Waals surface area (Å²) in [5.41, 5.74) is 2.76. The lowest BCUT2D eigenvalue weighted by Crippen LogP contribution is -2.52. The fourth-order valence-corrected chi connectivity index (χ4v) is 4.68. The number of fused-ring (bicyclic) bond motifs is 1.